The van der Waals surface area contributed by atoms with Crippen LogP contribution in [-0.4, -0.2) is 22.2 Å². The molecular formula is C10H13BrN2O3. The first-order chi connectivity index (χ1) is 7.35. The Kier molecular flexibility index (Phi) is 3.88. The van der Waals surface area contributed by atoms with Gasteiger partial charge in [-0.2, -0.15) is 0 Å². The highest BCUT2D eigenvalue weighted by molar-refractivity contribution is 9.10. The average Bonchev–Trinajstić information content (AvgIpc) is 2.20. The molecule has 16 heavy (non-hydrogen) atoms. The summed E-state index contributed by atoms with van der Waals surface area (Å²) in [7, 11) is 0. The standard InChI is InChI=1S/C10H13BrN2O3/c1-10(2,6-14)12-8-4-3-7(11)5-9(8)13(15)16/h3-5,12,14H,6H2,1-2H3. The molecule has 1 aromatic rings. The van der Waals surface area contributed by atoms with Crippen LogP contribution in [-0.2, 0) is 0 Å². The van der Waals surface area contributed by atoms with Gasteiger partial charge in [0.25, 0.3) is 5.69 Å². The Morgan fingerprint density at radius 1 is 1.56 bits per heavy atom. The number of hydrogen-bond donors (Lipinski definition) is 2. The first-order valence-electron chi connectivity index (χ1n) is 4.69. The maximum absolute atomic E-state index is 10.8. The second-order valence-corrected chi connectivity index (χ2v) is 5.00. The zero-order valence-electron chi connectivity index (χ0n) is 9.03. The number of nitrogens with one attached hydrogen (secondary N) is 1. The van der Waals surface area contributed by atoms with Crippen LogP contribution in [0.5, 0.6) is 0 Å². The van der Waals surface area contributed by atoms with E-state index in [9.17, 15) is 10.1 Å². The van der Waals surface area contributed by atoms with Gasteiger partial charge in [-0.15, -0.1) is 0 Å². The zero-order valence-corrected chi connectivity index (χ0v) is 10.6. The van der Waals surface area contributed by atoms with E-state index < -0.39 is 10.5 Å². The molecule has 0 atom stereocenters. The molecule has 0 aromatic heterocycles. The number of anilines is 1. The number of rotatable bonds is 4. The van der Waals surface area contributed by atoms with E-state index in [1.54, 1.807) is 26.0 Å². The van der Waals surface area contributed by atoms with E-state index in [4.69, 9.17) is 5.11 Å². The van der Waals surface area contributed by atoms with Crippen molar-refractivity contribution in [3.63, 3.8) is 0 Å². The van der Waals surface area contributed by atoms with Crippen LogP contribution in [0.3, 0.4) is 0 Å². The fourth-order valence-electron chi connectivity index (χ4n) is 1.17. The minimum Gasteiger partial charge on any atom is -0.394 e. The van der Waals surface area contributed by atoms with Crippen LogP contribution >= 0.6 is 15.9 Å². The number of nitro groups is 1. The van der Waals surface area contributed by atoms with Crippen LogP contribution in [0.1, 0.15) is 13.8 Å². The second-order valence-electron chi connectivity index (χ2n) is 4.09. The Hall–Kier alpha value is -1.14. The molecule has 1 rings (SSSR count). The van der Waals surface area contributed by atoms with Crippen molar-refractivity contribution in [1.29, 1.82) is 0 Å². The van der Waals surface area contributed by atoms with Crippen LogP contribution in [0.15, 0.2) is 22.7 Å². The summed E-state index contributed by atoms with van der Waals surface area (Å²) in [6.45, 7) is 3.41. The predicted molar refractivity (Wildman–Crippen MR) is 65.6 cm³/mol. The topological polar surface area (TPSA) is 75.4 Å². The number of aliphatic hydroxyl groups is 1. The fraction of sp³-hybridized carbons (Fsp3) is 0.400. The summed E-state index contributed by atoms with van der Waals surface area (Å²) in [6, 6.07) is 4.75. The van der Waals surface area contributed by atoms with E-state index >= 15 is 0 Å². The molecule has 88 valence electrons. The molecule has 6 heteroatoms. The van der Waals surface area contributed by atoms with Crippen LogP contribution in [0.2, 0.25) is 0 Å². The molecule has 0 saturated heterocycles. The zero-order chi connectivity index (χ0) is 12.3. The molecular weight excluding hydrogens is 276 g/mol. The van der Waals surface area contributed by atoms with E-state index in [0.717, 1.165) is 0 Å². The van der Waals surface area contributed by atoms with E-state index in [2.05, 4.69) is 21.2 Å². The highest BCUT2D eigenvalue weighted by Crippen LogP contribution is 2.29. The molecule has 0 aliphatic heterocycles. The van der Waals surface area contributed by atoms with E-state index in [1.165, 1.54) is 6.07 Å². The Bertz CT molecular complexity index is 407. The predicted octanol–water partition coefficient (Wildman–Crippen LogP) is 2.54. The number of aliphatic hydroxyl groups excluding tert-OH is 1. The van der Waals surface area contributed by atoms with Crippen molar-refractivity contribution < 1.29 is 10.0 Å². The molecule has 0 unspecified atom stereocenters. The fourth-order valence-corrected chi connectivity index (χ4v) is 1.51. The van der Waals surface area contributed by atoms with Gasteiger partial charge in [-0.25, -0.2) is 0 Å². The third-order valence-electron chi connectivity index (χ3n) is 2.02. The van der Waals surface area contributed by atoms with Gasteiger partial charge in [0, 0.05) is 10.5 Å². The molecule has 2 N–H and O–H groups in total. The number of nitrogens with zero attached hydrogens (tertiary/aromatic N) is 1. The third kappa shape index (κ3) is 3.18. The van der Waals surface area contributed by atoms with Crippen molar-refractivity contribution >= 4 is 27.3 Å². The van der Waals surface area contributed by atoms with Gasteiger partial charge in [-0.05, 0) is 26.0 Å². The molecule has 5 nitrogen and oxygen atoms in total. The summed E-state index contributed by atoms with van der Waals surface area (Å²) in [5.74, 6) is 0. The Morgan fingerprint density at radius 3 is 2.69 bits per heavy atom. The largest absolute Gasteiger partial charge is 0.394 e. The van der Waals surface area contributed by atoms with Gasteiger partial charge in [0.2, 0.25) is 0 Å². The van der Waals surface area contributed by atoms with Crippen molar-refractivity contribution in [3.8, 4) is 0 Å². The summed E-state index contributed by atoms with van der Waals surface area (Å²) in [5, 5.41) is 22.9. The summed E-state index contributed by atoms with van der Waals surface area (Å²) in [4.78, 5) is 10.4. The number of benzene rings is 1. The first-order valence-corrected chi connectivity index (χ1v) is 5.48. The normalized spacial score (nSPS) is 11.2. The lowest BCUT2D eigenvalue weighted by Gasteiger charge is -2.24. The first kappa shape index (κ1) is 12.9. The molecule has 0 heterocycles. The van der Waals surface area contributed by atoms with Gasteiger partial charge in [0.15, 0.2) is 0 Å². The van der Waals surface area contributed by atoms with Crippen molar-refractivity contribution in [1.82, 2.24) is 0 Å². The van der Waals surface area contributed by atoms with Crippen LogP contribution in [0.4, 0.5) is 11.4 Å². The Labute approximate surface area is 102 Å². The summed E-state index contributed by atoms with van der Waals surface area (Å²) in [5.41, 5.74) is -0.221. The van der Waals surface area contributed by atoms with Crippen LogP contribution in [0.25, 0.3) is 0 Å². The molecule has 0 amide bonds. The highest BCUT2D eigenvalue weighted by atomic mass is 79.9. The lowest BCUT2D eigenvalue weighted by Crippen LogP contribution is -2.35. The van der Waals surface area contributed by atoms with Gasteiger partial charge in [0.1, 0.15) is 5.69 Å². The van der Waals surface area contributed by atoms with Crippen molar-refractivity contribution in [3.05, 3.63) is 32.8 Å². The third-order valence-corrected chi connectivity index (χ3v) is 2.52. The molecule has 0 saturated carbocycles. The van der Waals surface area contributed by atoms with Crippen LogP contribution in [0, 0.1) is 10.1 Å². The molecule has 0 fully saturated rings. The molecule has 0 radical (unpaired) electrons. The second kappa shape index (κ2) is 4.80. The lowest BCUT2D eigenvalue weighted by atomic mass is 10.1. The molecule has 1 aromatic carbocycles. The van der Waals surface area contributed by atoms with E-state index in [-0.39, 0.29) is 12.3 Å². The van der Waals surface area contributed by atoms with Crippen LogP contribution < -0.4 is 5.32 Å². The smallest absolute Gasteiger partial charge is 0.293 e. The van der Waals surface area contributed by atoms with Crippen molar-refractivity contribution in [2.45, 2.75) is 19.4 Å². The Morgan fingerprint density at radius 2 is 2.19 bits per heavy atom. The summed E-state index contributed by atoms with van der Waals surface area (Å²) >= 11 is 3.18. The van der Waals surface area contributed by atoms with E-state index in [1.807, 2.05) is 0 Å². The monoisotopic (exact) mass is 288 g/mol. The highest BCUT2D eigenvalue weighted by Gasteiger charge is 2.21. The van der Waals surface area contributed by atoms with Gasteiger partial charge >= 0.3 is 0 Å². The number of hydrogen-bond acceptors (Lipinski definition) is 4. The maximum Gasteiger partial charge on any atom is 0.293 e. The number of nitro benzene ring substituents is 1. The molecule has 0 bridgehead atoms. The van der Waals surface area contributed by atoms with E-state index in [0.29, 0.717) is 10.2 Å². The van der Waals surface area contributed by atoms with Crippen molar-refractivity contribution in [2.75, 3.05) is 11.9 Å². The maximum atomic E-state index is 10.8. The average molecular weight is 289 g/mol. The van der Waals surface area contributed by atoms with Gasteiger partial charge in [-0.3, -0.25) is 10.1 Å². The minimum atomic E-state index is -0.599. The van der Waals surface area contributed by atoms with Gasteiger partial charge in [0.05, 0.1) is 17.1 Å². The molecule has 0 spiro atoms. The summed E-state index contributed by atoms with van der Waals surface area (Å²) in [6.07, 6.45) is 0. The molecule has 0 aliphatic carbocycles. The SMILES string of the molecule is CC(C)(CO)Nc1ccc(Br)cc1[N+](=O)[O-]. The quantitative estimate of drug-likeness (QED) is 0.659. The minimum absolute atomic E-state index is 0.0177. The van der Waals surface area contributed by atoms with Gasteiger partial charge in [-0.1, -0.05) is 15.9 Å². The molecule has 0 aliphatic rings. The summed E-state index contributed by atoms with van der Waals surface area (Å²) < 4.78 is 0.645. The van der Waals surface area contributed by atoms with Crippen molar-refractivity contribution in [2.24, 2.45) is 0 Å². The Balaban J connectivity index is 3.09. The lowest BCUT2D eigenvalue weighted by molar-refractivity contribution is -0.384. The number of halogens is 1. The van der Waals surface area contributed by atoms with Gasteiger partial charge < -0.3 is 10.4 Å².